The van der Waals surface area contributed by atoms with Crippen molar-refractivity contribution in [2.45, 2.75) is 26.5 Å². The van der Waals surface area contributed by atoms with Crippen LogP contribution in [0.25, 0.3) is 0 Å². The Kier molecular flexibility index (Phi) is 3.59. The van der Waals surface area contributed by atoms with E-state index in [9.17, 15) is 4.79 Å². The molecule has 0 aliphatic heterocycles. The lowest BCUT2D eigenvalue weighted by atomic mass is 10.4. The van der Waals surface area contributed by atoms with Crippen LogP contribution in [0.3, 0.4) is 0 Å². The number of ether oxygens (including phenoxy) is 1. The van der Waals surface area contributed by atoms with Gasteiger partial charge in [0, 0.05) is 25.5 Å². The summed E-state index contributed by atoms with van der Waals surface area (Å²) in [6.07, 6.45) is 3.54. The molecule has 19 heavy (non-hydrogen) atoms. The van der Waals surface area contributed by atoms with Gasteiger partial charge in [-0.3, -0.25) is 4.68 Å². The SMILES string of the molecule is CC(C)n1ccc(COC(=O)c2cc(N)cn2C)n1. The van der Waals surface area contributed by atoms with E-state index in [1.165, 1.54) is 0 Å². The molecule has 0 unspecified atom stereocenters. The maximum Gasteiger partial charge on any atom is 0.355 e. The molecule has 102 valence electrons. The minimum Gasteiger partial charge on any atom is -0.454 e. The molecule has 0 saturated heterocycles. The zero-order valence-electron chi connectivity index (χ0n) is 11.3. The highest BCUT2D eigenvalue weighted by atomic mass is 16.5. The normalized spacial score (nSPS) is 10.9. The number of aryl methyl sites for hydroxylation is 1. The molecule has 0 aliphatic carbocycles. The van der Waals surface area contributed by atoms with Crippen molar-refractivity contribution in [3.8, 4) is 0 Å². The van der Waals surface area contributed by atoms with Gasteiger partial charge in [-0.25, -0.2) is 4.79 Å². The fraction of sp³-hybridized carbons (Fsp3) is 0.385. The number of anilines is 1. The number of nitrogen functional groups attached to an aromatic ring is 1. The van der Waals surface area contributed by atoms with E-state index in [-0.39, 0.29) is 12.6 Å². The van der Waals surface area contributed by atoms with Gasteiger partial charge in [-0.1, -0.05) is 0 Å². The topological polar surface area (TPSA) is 75.1 Å². The molecular formula is C13H18N4O2. The molecule has 2 N–H and O–H groups in total. The number of rotatable bonds is 4. The summed E-state index contributed by atoms with van der Waals surface area (Å²) in [5, 5.41) is 4.31. The third-order valence-electron chi connectivity index (χ3n) is 2.78. The van der Waals surface area contributed by atoms with Gasteiger partial charge in [-0.2, -0.15) is 5.10 Å². The molecule has 2 aromatic rings. The van der Waals surface area contributed by atoms with Crippen molar-refractivity contribution in [2.75, 3.05) is 5.73 Å². The number of carbonyl (C=O) groups excluding carboxylic acids is 1. The molecule has 0 aliphatic rings. The van der Waals surface area contributed by atoms with Crippen LogP contribution in [0.1, 0.15) is 36.1 Å². The first-order valence-corrected chi connectivity index (χ1v) is 6.10. The molecule has 6 nitrogen and oxygen atoms in total. The van der Waals surface area contributed by atoms with Crippen LogP contribution in [-0.2, 0) is 18.4 Å². The van der Waals surface area contributed by atoms with Gasteiger partial charge < -0.3 is 15.0 Å². The average Bonchev–Trinajstić information content (AvgIpc) is 2.93. The second-order valence-corrected chi connectivity index (χ2v) is 4.73. The molecule has 6 heteroatoms. The van der Waals surface area contributed by atoms with Crippen LogP contribution in [-0.4, -0.2) is 20.3 Å². The molecule has 0 spiro atoms. The van der Waals surface area contributed by atoms with E-state index in [4.69, 9.17) is 10.5 Å². The van der Waals surface area contributed by atoms with E-state index in [2.05, 4.69) is 5.10 Å². The Morgan fingerprint density at radius 1 is 1.53 bits per heavy atom. The van der Waals surface area contributed by atoms with Gasteiger partial charge in [0.2, 0.25) is 0 Å². The zero-order chi connectivity index (χ0) is 14.0. The first-order valence-electron chi connectivity index (χ1n) is 6.10. The highest BCUT2D eigenvalue weighted by Crippen LogP contribution is 2.11. The average molecular weight is 262 g/mol. The summed E-state index contributed by atoms with van der Waals surface area (Å²) in [5.74, 6) is -0.404. The van der Waals surface area contributed by atoms with Gasteiger partial charge in [0.25, 0.3) is 0 Å². The maximum absolute atomic E-state index is 11.9. The minimum absolute atomic E-state index is 0.156. The Morgan fingerprint density at radius 2 is 2.26 bits per heavy atom. The summed E-state index contributed by atoms with van der Waals surface area (Å²) in [6.45, 7) is 4.23. The first-order chi connectivity index (χ1) is 8.97. The van der Waals surface area contributed by atoms with Crippen LogP contribution >= 0.6 is 0 Å². The van der Waals surface area contributed by atoms with Crippen LogP contribution in [0.2, 0.25) is 0 Å². The predicted octanol–water partition coefficient (Wildman–Crippen LogP) is 1.74. The second-order valence-electron chi connectivity index (χ2n) is 4.73. The molecule has 2 heterocycles. The zero-order valence-corrected chi connectivity index (χ0v) is 11.3. The molecule has 2 rings (SSSR count). The first kappa shape index (κ1) is 13.2. The predicted molar refractivity (Wildman–Crippen MR) is 71.6 cm³/mol. The number of nitrogens with two attached hydrogens (primary N) is 1. The van der Waals surface area contributed by atoms with E-state index >= 15 is 0 Å². The molecule has 0 radical (unpaired) electrons. The molecule has 2 aromatic heterocycles. The molecule has 0 bridgehead atoms. The summed E-state index contributed by atoms with van der Waals surface area (Å²) < 4.78 is 8.68. The van der Waals surface area contributed by atoms with Crippen molar-refractivity contribution in [1.29, 1.82) is 0 Å². The third kappa shape index (κ3) is 2.96. The summed E-state index contributed by atoms with van der Waals surface area (Å²) >= 11 is 0. The Bertz CT molecular complexity index is 583. The lowest BCUT2D eigenvalue weighted by Crippen LogP contribution is -2.10. The minimum atomic E-state index is -0.404. The van der Waals surface area contributed by atoms with E-state index < -0.39 is 5.97 Å². The fourth-order valence-electron chi connectivity index (χ4n) is 1.75. The fourth-order valence-corrected chi connectivity index (χ4v) is 1.75. The highest BCUT2D eigenvalue weighted by Gasteiger charge is 2.13. The standard InChI is InChI=1S/C13H18N4O2/c1-9(2)17-5-4-11(15-17)8-19-13(18)12-6-10(14)7-16(12)3/h4-7,9H,8,14H2,1-3H3. The Morgan fingerprint density at radius 3 is 2.79 bits per heavy atom. The molecule has 0 fully saturated rings. The molecule has 0 saturated carbocycles. The van der Waals surface area contributed by atoms with Crippen molar-refractivity contribution in [3.05, 3.63) is 35.9 Å². The van der Waals surface area contributed by atoms with Crippen molar-refractivity contribution < 1.29 is 9.53 Å². The van der Waals surface area contributed by atoms with Crippen molar-refractivity contribution >= 4 is 11.7 Å². The lowest BCUT2D eigenvalue weighted by Gasteiger charge is -2.05. The second kappa shape index (κ2) is 5.17. The lowest BCUT2D eigenvalue weighted by molar-refractivity contribution is 0.0455. The van der Waals surface area contributed by atoms with E-state index in [1.807, 2.05) is 30.8 Å². The van der Waals surface area contributed by atoms with Gasteiger partial charge in [-0.15, -0.1) is 0 Å². The van der Waals surface area contributed by atoms with Gasteiger partial charge >= 0.3 is 5.97 Å². The number of aromatic nitrogens is 3. The molecule has 0 aromatic carbocycles. The molecular weight excluding hydrogens is 244 g/mol. The monoisotopic (exact) mass is 262 g/mol. The molecule has 0 amide bonds. The van der Waals surface area contributed by atoms with Crippen LogP contribution in [0.15, 0.2) is 24.5 Å². The van der Waals surface area contributed by atoms with Crippen LogP contribution in [0, 0.1) is 0 Å². The van der Waals surface area contributed by atoms with Crippen molar-refractivity contribution in [1.82, 2.24) is 14.3 Å². The number of esters is 1. The summed E-state index contributed by atoms with van der Waals surface area (Å²) in [6, 6.07) is 3.72. The van der Waals surface area contributed by atoms with Gasteiger partial charge in [0.1, 0.15) is 12.3 Å². The van der Waals surface area contributed by atoms with E-state index in [0.717, 1.165) is 5.69 Å². The number of nitrogens with zero attached hydrogens (tertiary/aromatic N) is 3. The largest absolute Gasteiger partial charge is 0.454 e. The van der Waals surface area contributed by atoms with Crippen LogP contribution < -0.4 is 5.73 Å². The Hall–Kier alpha value is -2.24. The number of hydrogen-bond acceptors (Lipinski definition) is 4. The summed E-state index contributed by atoms with van der Waals surface area (Å²) in [7, 11) is 1.75. The Labute approximate surface area is 111 Å². The van der Waals surface area contributed by atoms with Gasteiger partial charge in [-0.05, 0) is 26.0 Å². The number of hydrogen-bond donors (Lipinski definition) is 1. The third-order valence-corrected chi connectivity index (χ3v) is 2.78. The van der Waals surface area contributed by atoms with Crippen LogP contribution in [0.5, 0.6) is 0 Å². The van der Waals surface area contributed by atoms with Crippen molar-refractivity contribution in [2.24, 2.45) is 7.05 Å². The quantitative estimate of drug-likeness (QED) is 0.852. The summed E-state index contributed by atoms with van der Waals surface area (Å²) in [5.41, 5.74) is 7.31. The molecule has 0 atom stereocenters. The Balaban J connectivity index is 1.98. The summed E-state index contributed by atoms with van der Waals surface area (Å²) in [4.78, 5) is 11.9. The van der Waals surface area contributed by atoms with Crippen LogP contribution in [0.4, 0.5) is 5.69 Å². The number of carbonyl (C=O) groups is 1. The smallest absolute Gasteiger partial charge is 0.355 e. The van der Waals surface area contributed by atoms with Crippen molar-refractivity contribution in [3.63, 3.8) is 0 Å². The maximum atomic E-state index is 11.9. The highest BCUT2D eigenvalue weighted by molar-refractivity contribution is 5.89. The van der Waals surface area contributed by atoms with E-state index in [1.54, 1.807) is 23.9 Å². The van der Waals surface area contributed by atoms with Gasteiger partial charge in [0.05, 0.1) is 11.4 Å². The van der Waals surface area contributed by atoms with E-state index in [0.29, 0.717) is 11.4 Å². The van der Waals surface area contributed by atoms with Gasteiger partial charge in [0.15, 0.2) is 0 Å².